The van der Waals surface area contributed by atoms with E-state index in [0.717, 1.165) is 90.5 Å². The van der Waals surface area contributed by atoms with Gasteiger partial charge in [0, 0.05) is 55.6 Å². The first-order chi connectivity index (χ1) is 19.2. The number of piperidine rings is 1. The van der Waals surface area contributed by atoms with Gasteiger partial charge in [-0.25, -0.2) is 0 Å². The van der Waals surface area contributed by atoms with E-state index in [9.17, 15) is 4.79 Å². The Kier molecular flexibility index (Phi) is 9.73. The fourth-order valence-electron chi connectivity index (χ4n) is 6.25. The predicted molar refractivity (Wildman–Crippen MR) is 167 cm³/mol. The van der Waals surface area contributed by atoms with Crippen LogP contribution in [-0.2, 0) is 20.0 Å². The molecule has 2 aliphatic rings. The number of rotatable bonds is 7. The Labute approximate surface area is 250 Å². The number of hydrogen-bond acceptors (Lipinski definition) is 6. The number of halogens is 1. The maximum absolute atomic E-state index is 12.4. The molecule has 1 saturated heterocycles. The van der Waals surface area contributed by atoms with Crippen LogP contribution < -0.4 is 25.1 Å². The van der Waals surface area contributed by atoms with Crippen molar-refractivity contribution in [2.24, 2.45) is 7.05 Å². The van der Waals surface area contributed by atoms with Gasteiger partial charge < -0.3 is 24.1 Å². The SMILES string of the molecule is COc1cc(-c2cn(C)c(=O)c(C)c2C)cc(OC)c1CN1CCC(Oc2c(C)ccc3c2CCNC3C)CC1.Cl. The number of hydrogen-bond donors (Lipinski definition) is 1. The summed E-state index contributed by atoms with van der Waals surface area (Å²) < 4.78 is 20.1. The molecule has 3 heterocycles. The molecule has 0 bridgehead atoms. The van der Waals surface area contributed by atoms with E-state index < -0.39 is 0 Å². The average molecular weight is 582 g/mol. The van der Waals surface area contributed by atoms with Gasteiger partial charge in [0.1, 0.15) is 23.4 Å². The average Bonchev–Trinajstić information content (AvgIpc) is 2.96. The van der Waals surface area contributed by atoms with E-state index in [4.69, 9.17) is 14.2 Å². The van der Waals surface area contributed by atoms with Crippen molar-refractivity contribution in [3.05, 3.63) is 74.2 Å². The number of methoxy groups -OCH3 is 2. The minimum absolute atomic E-state index is 0. The van der Waals surface area contributed by atoms with Gasteiger partial charge in [0.15, 0.2) is 0 Å². The van der Waals surface area contributed by atoms with Crippen LogP contribution in [0.5, 0.6) is 17.2 Å². The fourth-order valence-corrected chi connectivity index (χ4v) is 6.25. The van der Waals surface area contributed by atoms with Gasteiger partial charge >= 0.3 is 0 Å². The van der Waals surface area contributed by atoms with Crippen molar-refractivity contribution in [3.63, 3.8) is 0 Å². The molecule has 5 rings (SSSR count). The van der Waals surface area contributed by atoms with Crippen molar-refractivity contribution in [2.45, 2.75) is 65.6 Å². The highest BCUT2D eigenvalue weighted by atomic mass is 35.5. The summed E-state index contributed by atoms with van der Waals surface area (Å²) in [5, 5.41) is 3.56. The molecule has 1 fully saturated rings. The quantitative estimate of drug-likeness (QED) is 0.388. The van der Waals surface area contributed by atoms with Crippen LogP contribution in [0.25, 0.3) is 11.1 Å². The van der Waals surface area contributed by atoms with Crippen LogP contribution in [0.3, 0.4) is 0 Å². The third kappa shape index (κ3) is 6.13. The molecular formula is C33H44ClN3O4. The summed E-state index contributed by atoms with van der Waals surface area (Å²) in [7, 11) is 5.21. The number of benzene rings is 2. The largest absolute Gasteiger partial charge is 0.496 e. The number of likely N-dealkylation sites (tertiary alicyclic amines) is 1. The third-order valence-electron chi connectivity index (χ3n) is 8.84. The zero-order valence-electron chi connectivity index (χ0n) is 25.4. The lowest BCUT2D eigenvalue weighted by molar-refractivity contribution is 0.0943. The van der Waals surface area contributed by atoms with Gasteiger partial charge in [-0.2, -0.15) is 0 Å². The first-order valence-corrected chi connectivity index (χ1v) is 14.4. The molecule has 8 heteroatoms. The van der Waals surface area contributed by atoms with Crippen LogP contribution in [0.1, 0.15) is 59.2 Å². The minimum atomic E-state index is 0. The Balaban J connectivity index is 0.00000387. The van der Waals surface area contributed by atoms with Crippen molar-refractivity contribution in [3.8, 4) is 28.4 Å². The number of ether oxygens (including phenoxy) is 3. The van der Waals surface area contributed by atoms with Gasteiger partial charge in [0.2, 0.25) is 0 Å². The van der Waals surface area contributed by atoms with Gasteiger partial charge in [-0.1, -0.05) is 12.1 Å². The number of nitrogens with zero attached hydrogens (tertiary/aromatic N) is 2. The second kappa shape index (κ2) is 12.9. The van der Waals surface area contributed by atoms with Crippen molar-refractivity contribution in [1.29, 1.82) is 0 Å². The van der Waals surface area contributed by atoms with Gasteiger partial charge in [0.25, 0.3) is 5.56 Å². The summed E-state index contributed by atoms with van der Waals surface area (Å²) >= 11 is 0. The normalized spacial score (nSPS) is 17.5. The van der Waals surface area contributed by atoms with E-state index in [1.165, 1.54) is 16.7 Å². The van der Waals surface area contributed by atoms with Crippen molar-refractivity contribution in [2.75, 3.05) is 33.9 Å². The van der Waals surface area contributed by atoms with Gasteiger partial charge in [-0.3, -0.25) is 9.69 Å². The standard InChI is InChI=1S/C33H43N3O4.ClH/c1-20-8-9-26-23(4)34-13-10-27(26)32(20)40-25-11-14-36(15-12-25)19-29-30(38-6)16-24(17-31(29)39-7)28-18-35(5)33(37)22(3)21(28)2;/h8-9,16-18,23,25,34H,10-15,19H2,1-7H3;1H. The molecule has 0 amide bonds. The topological polar surface area (TPSA) is 65.0 Å². The molecule has 3 aromatic rings. The summed E-state index contributed by atoms with van der Waals surface area (Å²) in [5.41, 5.74) is 8.76. The Hall–Kier alpha value is -3.00. The molecule has 7 nitrogen and oxygen atoms in total. The maximum Gasteiger partial charge on any atom is 0.253 e. The minimum Gasteiger partial charge on any atom is -0.496 e. The van der Waals surface area contributed by atoms with Crippen molar-refractivity contribution in [1.82, 2.24) is 14.8 Å². The number of aromatic nitrogens is 1. The van der Waals surface area contributed by atoms with E-state index in [-0.39, 0.29) is 24.1 Å². The van der Waals surface area contributed by atoms with Crippen LogP contribution in [-0.4, -0.2) is 49.4 Å². The number of nitrogens with one attached hydrogen (secondary N) is 1. The molecule has 1 N–H and O–H groups in total. The van der Waals surface area contributed by atoms with Crippen LogP contribution >= 0.6 is 12.4 Å². The third-order valence-corrected chi connectivity index (χ3v) is 8.84. The Bertz CT molecular complexity index is 1430. The first-order valence-electron chi connectivity index (χ1n) is 14.4. The lowest BCUT2D eigenvalue weighted by Gasteiger charge is -2.34. The Morgan fingerprint density at radius 3 is 2.29 bits per heavy atom. The second-order valence-electron chi connectivity index (χ2n) is 11.4. The molecule has 41 heavy (non-hydrogen) atoms. The highest BCUT2D eigenvalue weighted by Crippen LogP contribution is 2.38. The van der Waals surface area contributed by atoms with E-state index in [1.54, 1.807) is 25.8 Å². The highest BCUT2D eigenvalue weighted by molar-refractivity contribution is 5.85. The molecule has 222 valence electrons. The summed E-state index contributed by atoms with van der Waals surface area (Å²) in [5.74, 6) is 2.70. The van der Waals surface area contributed by atoms with Gasteiger partial charge in [0.05, 0.1) is 19.8 Å². The van der Waals surface area contributed by atoms with Crippen molar-refractivity contribution < 1.29 is 14.2 Å². The molecule has 1 aromatic heterocycles. The van der Waals surface area contributed by atoms with Crippen LogP contribution in [0.2, 0.25) is 0 Å². The Morgan fingerprint density at radius 2 is 1.66 bits per heavy atom. The summed E-state index contributed by atoms with van der Waals surface area (Å²) in [6, 6.07) is 8.96. The molecule has 0 saturated carbocycles. The zero-order valence-corrected chi connectivity index (χ0v) is 26.2. The van der Waals surface area contributed by atoms with E-state index in [2.05, 4.69) is 48.3 Å². The molecule has 2 aliphatic heterocycles. The Morgan fingerprint density at radius 1 is 1.00 bits per heavy atom. The van der Waals surface area contributed by atoms with Crippen molar-refractivity contribution >= 4 is 12.4 Å². The predicted octanol–water partition coefficient (Wildman–Crippen LogP) is 5.67. The van der Waals surface area contributed by atoms with E-state index >= 15 is 0 Å². The zero-order chi connectivity index (χ0) is 28.6. The molecule has 0 radical (unpaired) electrons. The summed E-state index contributed by atoms with van der Waals surface area (Å²) in [6.07, 6.45) is 5.09. The fraction of sp³-hybridized carbons (Fsp3) is 0.485. The van der Waals surface area contributed by atoms with Crippen LogP contribution in [0.15, 0.2) is 35.3 Å². The molecule has 1 unspecified atom stereocenters. The van der Waals surface area contributed by atoms with E-state index in [1.807, 2.05) is 20.0 Å². The van der Waals surface area contributed by atoms with Gasteiger partial charge in [-0.05, 0) is 87.9 Å². The smallest absolute Gasteiger partial charge is 0.253 e. The number of pyridine rings is 1. The second-order valence-corrected chi connectivity index (χ2v) is 11.4. The van der Waals surface area contributed by atoms with E-state index in [0.29, 0.717) is 6.04 Å². The summed E-state index contributed by atoms with van der Waals surface area (Å²) in [4.78, 5) is 14.9. The first kappa shape index (κ1) is 30.9. The summed E-state index contributed by atoms with van der Waals surface area (Å²) in [6.45, 7) is 11.9. The molecule has 0 aliphatic carbocycles. The highest BCUT2D eigenvalue weighted by Gasteiger charge is 2.27. The van der Waals surface area contributed by atoms with Gasteiger partial charge in [-0.15, -0.1) is 12.4 Å². The number of aryl methyl sites for hydroxylation is 2. The molecular weight excluding hydrogens is 538 g/mol. The molecule has 1 atom stereocenters. The van der Waals surface area contributed by atoms with Crippen LogP contribution in [0, 0.1) is 20.8 Å². The lowest BCUT2D eigenvalue weighted by Crippen LogP contribution is -2.38. The molecule has 2 aromatic carbocycles. The monoisotopic (exact) mass is 581 g/mol. The maximum atomic E-state index is 12.4. The molecule has 0 spiro atoms. The van der Waals surface area contributed by atoms with Crippen LogP contribution in [0.4, 0.5) is 0 Å². The lowest BCUT2D eigenvalue weighted by atomic mass is 9.92. The number of fused-ring (bicyclic) bond motifs is 1.